The first-order valence-corrected chi connectivity index (χ1v) is 5.25. The van der Waals surface area contributed by atoms with Crippen LogP contribution in [-0.2, 0) is 5.41 Å². The second-order valence-corrected chi connectivity index (χ2v) is 4.62. The summed E-state index contributed by atoms with van der Waals surface area (Å²) >= 11 is 0. The minimum absolute atomic E-state index is 0.447. The molecule has 0 saturated heterocycles. The molecule has 15 heavy (non-hydrogen) atoms. The standard InChI is InChI=1S/C15H24/c1-9-10(2)12(4)14(15(6,7)8)13(5)11(9)3/h1-8H3/i6D3,7D3. The second kappa shape index (κ2) is 3.66. The van der Waals surface area contributed by atoms with Gasteiger partial charge in [-0.2, -0.15) is 0 Å². The fourth-order valence-corrected chi connectivity index (χ4v) is 2.25. The Balaban J connectivity index is 3.96. The van der Waals surface area contributed by atoms with Gasteiger partial charge in [0.1, 0.15) is 0 Å². The first-order valence-electron chi connectivity index (χ1n) is 8.25. The highest BCUT2D eigenvalue weighted by Crippen LogP contribution is 2.34. The van der Waals surface area contributed by atoms with Crippen molar-refractivity contribution in [1.29, 1.82) is 0 Å². The van der Waals surface area contributed by atoms with Gasteiger partial charge in [-0.3, -0.25) is 0 Å². The van der Waals surface area contributed by atoms with Crippen molar-refractivity contribution in [2.45, 2.75) is 60.7 Å². The molecule has 0 aliphatic carbocycles. The highest BCUT2D eigenvalue weighted by molar-refractivity contribution is 5.51. The molecule has 0 saturated carbocycles. The van der Waals surface area contributed by atoms with Crippen LogP contribution in [0.3, 0.4) is 0 Å². The van der Waals surface area contributed by atoms with Crippen LogP contribution in [0.5, 0.6) is 0 Å². The van der Waals surface area contributed by atoms with Gasteiger partial charge in [-0.05, 0) is 73.4 Å². The third kappa shape index (κ3) is 1.95. The zero-order valence-corrected chi connectivity index (χ0v) is 10.5. The van der Waals surface area contributed by atoms with Crippen molar-refractivity contribution in [3.05, 3.63) is 33.4 Å². The maximum absolute atomic E-state index is 7.84. The molecule has 0 aromatic heterocycles. The molecule has 1 aromatic carbocycles. The van der Waals surface area contributed by atoms with Crippen molar-refractivity contribution in [2.24, 2.45) is 0 Å². The van der Waals surface area contributed by atoms with E-state index in [4.69, 9.17) is 8.22 Å². The van der Waals surface area contributed by atoms with Crippen molar-refractivity contribution in [3.63, 3.8) is 0 Å². The molecule has 0 fully saturated rings. The van der Waals surface area contributed by atoms with Crippen LogP contribution in [0.15, 0.2) is 0 Å². The Hall–Kier alpha value is -0.780. The summed E-state index contributed by atoms with van der Waals surface area (Å²) in [6.45, 7) is 5.58. The van der Waals surface area contributed by atoms with Gasteiger partial charge in [0, 0.05) is 8.22 Å². The smallest absolute Gasteiger partial charge is 0.0239 e. The summed E-state index contributed by atoms with van der Waals surface area (Å²) in [7, 11) is 0. The predicted molar refractivity (Wildman–Crippen MR) is 68.8 cm³/mol. The predicted octanol–water partition coefficient (Wildman–Crippen LogP) is 4.53. The number of rotatable bonds is 0. The van der Waals surface area contributed by atoms with Crippen molar-refractivity contribution in [2.75, 3.05) is 0 Å². The molecule has 0 heteroatoms. The molecular formula is C15H24. The fourth-order valence-electron chi connectivity index (χ4n) is 2.25. The molecule has 1 aromatic rings. The molecule has 0 radical (unpaired) electrons. The van der Waals surface area contributed by atoms with Gasteiger partial charge in [0.05, 0.1) is 0 Å². The Kier molecular flexibility index (Phi) is 1.48. The minimum Gasteiger partial charge on any atom is -0.0561 e. The molecule has 0 atom stereocenters. The van der Waals surface area contributed by atoms with Gasteiger partial charge in [0.15, 0.2) is 0 Å². The molecule has 0 unspecified atom stereocenters. The lowest BCUT2D eigenvalue weighted by Crippen LogP contribution is -2.17. The normalized spacial score (nSPS) is 19.6. The molecule has 1 rings (SSSR count). The average Bonchev–Trinajstić information content (AvgIpc) is 2.31. The lowest BCUT2D eigenvalue weighted by atomic mass is 9.77. The monoisotopic (exact) mass is 210 g/mol. The maximum atomic E-state index is 7.84. The van der Waals surface area contributed by atoms with Crippen LogP contribution >= 0.6 is 0 Å². The topological polar surface area (TPSA) is 0 Å². The summed E-state index contributed by atoms with van der Waals surface area (Å²) in [6.07, 6.45) is 0. The minimum atomic E-state index is -2.61. The Morgan fingerprint density at radius 3 is 1.40 bits per heavy atom. The number of benzene rings is 1. The van der Waals surface area contributed by atoms with E-state index in [9.17, 15) is 0 Å². The highest BCUT2D eigenvalue weighted by Gasteiger charge is 2.22. The Labute approximate surface area is 103 Å². The van der Waals surface area contributed by atoms with E-state index in [0.29, 0.717) is 5.56 Å². The molecule has 0 spiro atoms. The van der Waals surface area contributed by atoms with Crippen molar-refractivity contribution < 1.29 is 8.22 Å². The van der Waals surface area contributed by atoms with Gasteiger partial charge in [-0.15, -0.1) is 0 Å². The summed E-state index contributed by atoms with van der Waals surface area (Å²) in [4.78, 5) is 0. The van der Waals surface area contributed by atoms with Crippen LogP contribution in [0.1, 0.15) is 62.2 Å². The zero-order valence-electron chi connectivity index (χ0n) is 16.5. The van der Waals surface area contributed by atoms with Crippen LogP contribution in [0.25, 0.3) is 0 Å². The molecular weight excluding hydrogens is 180 g/mol. The van der Waals surface area contributed by atoms with Crippen LogP contribution < -0.4 is 0 Å². The largest absolute Gasteiger partial charge is 0.0561 e. The van der Waals surface area contributed by atoms with E-state index in [-0.39, 0.29) is 0 Å². The van der Waals surface area contributed by atoms with E-state index in [1.807, 2.05) is 34.6 Å². The average molecular weight is 210 g/mol. The van der Waals surface area contributed by atoms with Crippen LogP contribution in [0.2, 0.25) is 0 Å². The van der Waals surface area contributed by atoms with E-state index in [1.165, 1.54) is 6.92 Å². The van der Waals surface area contributed by atoms with Crippen molar-refractivity contribution >= 4 is 0 Å². The van der Waals surface area contributed by atoms with Crippen molar-refractivity contribution in [3.8, 4) is 0 Å². The number of hydrogen-bond acceptors (Lipinski definition) is 0. The van der Waals surface area contributed by atoms with Gasteiger partial charge < -0.3 is 0 Å². The molecule has 0 bridgehead atoms. The van der Waals surface area contributed by atoms with E-state index >= 15 is 0 Å². The summed E-state index contributed by atoms with van der Waals surface area (Å²) in [5.41, 5.74) is 3.13. The first-order chi connectivity index (χ1) is 9.18. The molecule has 0 aliphatic heterocycles. The molecule has 0 nitrogen and oxygen atoms in total. The van der Waals surface area contributed by atoms with Crippen LogP contribution in [-0.4, -0.2) is 0 Å². The molecule has 0 amide bonds. The fraction of sp³-hybridized carbons (Fsp3) is 0.600. The van der Waals surface area contributed by atoms with E-state index in [0.717, 1.165) is 27.8 Å². The van der Waals surface area contributed by atoms with Gasteiger partial charge in [0.2, 0.25) is 0 Å². The SMILES string of the molecule is [2H]C([2H])([2H])C(C)(c1c(C)c(C)c(C)c(C)c1C)C([2H])([2H])[2H]. The van der Waals surface area contributed by atoms with E-state index < -0.39 is 19.1 Å². The van der Waals surface area contributed by atoms with Crippen LogP contribution in [0, 0.1) is 34.6 Å². The summed E-state index contributed by atoms with van der Waals surface area (Å²) in [5.74, 6) is 0. The zero-order chi connectivity index (χ0) is 17.0. The molecule has 84 valence electrons. The lowest BCUT2D eigenvalue weighted by molar-refractivity contribution is 0.580. The third-order valence-corrected chi connectivity index (χ3v) is 3.50. The quantitative estimate of drug-likeness (QED) is 0.590. The van der Waals surface area contributed by atoms with Crippen LogP contribution in [0.4, 0.5) is 0 Å². The van der Waals surface area contributed by atoms with Gasteiger partial charge in [0.25, 0.3) is 0 Å². The Morgan fingerprint density at radius 1 is 0.733 bits per heavy atom. The molecule has 0 heterocycles. The summed E-state index contributed by atoms with van der Waals surface area (Å²) in [5, 5.41) is 0. The lowest BCUT2D eigenvalue weighted by Gasteiger charge is -2.28. The third-order valence-electron chi connectivity index (χ3n) is 3.50. The van der Waals surface area contributed by atoms with E-state index in [2.05, 4.69) is 0 Å². The highest BCUT2D eigenvalue weighted by atomic mass is 14.3. The summed E-state index contributed by atoms with van der Waals surface area (Å²) < 4.78 is 47.0. The maximum Gasteiger partial charge on any atom is 0.0239 e. The Bertz CT molecular complexity index is 520. The summed E-state index contributed by atoms with van der Waals surface area (Å²) in [6, 6.07) is 0. The molecule has 0 aliphatic rings. The number of hydrogen-bond donors (Lipinski definition) is 0. The second-order valence-electron chi connectivity index (χ2n) is 4.62. The van der Waals surface area contributed by atoms with E-state index in [1.54, 1.807) is 0 Å². The van der Waals surface area contributed by atoms with Gasteiger partial charge in [-0.25, -0.2) is 0 Å². The van der Waals surface area contributed by atoms with Gasteiger partial charge in [-0.1, -0.05) is 20.6 Å². The first kappa shape index (κ1) is 6.08. The Morgan fingerprint density at radius 2 is 1.07 bits per heavy atom. The molecule has 0 N–H and O–H groups in total. The van der Waals surface area contributed by atoms with Crippen molar-refractivity contribution in [1.82, 2.24) is 0 Å². The van der Waals surface area contributed by atoms with Gasteiger partial charge >= 0.3 is 0 Å².